The van der Waals surface area contributed by atoms with Crippen molar-refractivity contribution in [3.63, 3.8) is 0 Å². The van der Waals surface area contributed by atoms with Gasteiger partial charge in [-0.25, -0.2) is 4.79 Å². The van der Waals surface area contributed by atoms with Crippen LogP contribution in [0.5, 0.6) is 5.75 Å². The van der Waals surface area contributed by atoms with Crippen LogP contribution in [0.3, 0.4) is 0 Å². The van der Waals surface area contributed by atoms with Gasteiger partial charge in [0.15, 0.2) is 0 Å². The number of carbonyl (C=O) groups excluding carboxylic acids is 1. The van der Waals surface area contributed by atoms with Gasteiger partial charge in [0, 0.05) is 6.08 Å². The summed E-state index contributed by atoms with van der Waals surface area (Å²) in [5.41, 5.74) is 0. The summed E-state index contributed by atoms with van der Waals surface area (Å²) in [7, 11) is 0. The fraction of sp³-hybridized carbons (Fsp3) is 0.308. The summed E-state index contributed by atoms with van der Waals surface area (Å²) >= 11 is 5.92. The highest BCUT2D eigenvalue weighted by atomic mass is 35.5. The highest BCUT2D eigenvalue weighted by Gasteiger charge is 2.08. The predicted molar refractivity (Wildman–Crippen MR) is 67.3 cm³/mol. The van der Waals surface area contributed by atoms with Crippen molar-refractivity contribution in [2.75, 3.05) is 6.61 Å². The Hall–Kier alpha value is -1.48. The molecule has 3 nitrogen and oxygen atoms in total. The lowest BCUT2D eigenvalue weighted by Crippen LogP contribution is -2.21. The van der Waals surface area contributed by atoms with Crippen molar-refractivity contribution < 1.29 is 14.3 Å². The minimum atomic E-state index is -0.372. The van der Waals surface area contributed by atoms with Gasteiger partial charge >= 0.3 is 5.97 Å². The first-order chi connectivity index (χ1) is 8.13. The zero-order valence-corrected chi connectivity index (χ0v) is 10.6. The van der Waals surface area contributed by atoms with Gasteiger partial charge in [0.25, 0.3) is 0 Å². The number of hydrogen-bond donors (Lipinski definition) is 0. The van der Waals surface area contributed by atoms with Crippen molar-refractivity contribution in [3.05, 3.63) is 41.4 Å². The molecular formula is C13H15ClO3. The molecular weight excluding hydrogens is 240 g/mol. The Balaban J connectivity index is 2.41. The molecule has 1 rings (SSSR count). The van der Waals surface area contributed by atoms with Crippen molar-refractivity contribution in [1.82, 2.24) is 0 Å². The average molecular weight is 255 g/mol. The van der Waals surface area contributed by atoms with Crippen LogP contribution in [0.15, 0.2) is 36.4 Å². The molecule has 0 aliphatic heterocycles. The van der Waals surface area contributed by atoms with Crippen LogP contribution in [-0.2, 0) is 9.53 Å². The second-order valence-corrected chi connectivity index (χ2v) is 3.90. The third-order valence-electron chi connectivity index (χ3n) is 1.93. The van der Waals surface area contributed by atoms with Gasteiger partial charge in [0.2, 0.25) is 0 Å². The summed E-state index contributed by atoms with van der Waals surface area (Å²) < 4.78 is 10.5. The third kappa shape index (κ3) is 4.91. The molecule has 0 saturated carbocycles. The third-order valence-corrected chi connectivity index (χ3v) is 2.24. The van der Waals surface area contributed by atoms with Crippen molar-refractivity contribution in [3.8, 4) is 5.75 Å². The van der Waals surface area contributed by atoms with E-state index in [0.29, 0.717) is 10.8 Å². The van der Waals surface area contributed by atoms with Gasteiger partial charge < -0.3 is 9.47 Å². The summed E-state index contributed by atoms with van der Waals surface area (Å²) in [6, 6.07) is 7.17. The van der Waals surface area contributed by atoms with Gasteiger partial charge in [-0.05, 0) is 26.0 Å². The van der Waals surface area contributed by atoms with Crippen LogP contribution in [0.25, 0.3) is 0 Å². The normalized spacial score (nSPS) is 12.4. The van der Waals surface area contributed by atoms with Gasteiger partial charge in [-0.1, -0.05) is 29.8 Å². The molecule has 0 N–H and O–H groups in total. The maximum atomic E-state index is 11.1. The van der Waals surface area contributed by atoms with Crippen LogP contribution in [0.2, 0.25) is 5.02 Å². The van der Waals surface area contributed by atoms with Crippen LogP contribution in [0, 0.1) is 0 Å². The Morgan fingerprint density at radius 2 is 2.18 bits per heavy atom. The van der Waals surface area contributed by atoms with E-state index in [1.54, 1.807) is 32.1 Å². The summed E-state index contributed by atoms with van der Waals surface area (Å²) in [6.45, 7) is 3.79. The summed E-state index contributed by atoms with van der Waals surface area (Å²) in [5, 5.41) is 0.541. The molecule has 0 unspecified atom stereocenters. The topological polar surface area (TPSA) is 35.5 Å². The predicted octanol–water partition coefficient (Wildman–Crippen LogP) is 3.23. The van der Waals surface area contributed by atoms with Crippen molar-refractivity contribution in [2.45, 2.75) is 20.0 Å². The SMILES string of the molecule is C/C=C/C(=O)O[C@H](C)COc1ccccc1Cl. The quantitative estimate of drug-likeness (QED) is 0.598. The zero-order valence-electron chi connectivity index (χ0n) is 9.85. The van der Waals surface area contributed by atoms with E-state index in [1.165, 1.54) is 6.08 Å². The molecule has 1 aromatic carbocycles. The van der Waals surface area contributed by atoms with Gasteiger partial charge in [0.1, 0.15) is 18.5 Å². The molecule has 17 heavy (non-hydrogen) atoms. The van der Waals surface area contributed by atoms with E-state index < -0.39 is 0 Å². The van der Waals surface area contributed by atoms with Crippen LogP contribution < -0.4 is 4.74 Å². The number of carbonyl (C=O) groups is 1. The van der Waals surface area contributed by atoms with Gasteiger partial charge in [-0.15, -0.1) is 0 Å². The highest BCUT2D eigenvalue weighted by Crippen LogP contribution is 2.23. The van der Waals surface area contributed by atoms with E-state index in [2.05, 4.69) is 0 Å². The van der Waals surface area contributed by atoms with Gasteiger partial charge in [0.05, 0.1) is 5.02 Å². The first-order valence-electron chi connectivity index (χ1n) is 5.34. The van der Waals surface area contributed by atoms with Crippen molar-refractivity contribution >= 4 is 17.6 Å². The first-order valence-corrected chi connectivity index (χ1v) is 5.72. The summed E-state index contributed by atoms with van der Waals surface area (Å²) in [5.74, 6) is 0.214. The van der Waals surface area contributed by atoms with E-state index >= 15 is 0 Å². The van der Waals surface area contributed by atoms with Crippen molar-refractivity contribution in [2.24, 2.45) is 0 Å². The fourth-order valence-electron chi connectivity index (χ4n) is 1.18. The summed E-state index contributed by atoms with van der Waals surface area (Å²) in [4.78, 5) is 11.1. The molecule has 0 aromatic heterocycles. The molecule has 0 spiro atoms. The number of rotatable bonds is 5. The Labute approximate surface area is 106 Å². The number of esters is 1. The lowest BCUT2D eigenvalue weighted by Gasteiger charge is -2.13. The molecule has 0 heterocycles. The standard InChI is InChI=1S/C13H15ClO3/c1-3-6-13(15)17-10(2)9-16-12-8-5-4-7-11(12)14/h3-8,10H,9H2,1-2H3/b6-3+/t10-/m1/s1. The maximum absolute atomic E-state index is 11.1. The lowest BCUT2D eigenvalue weighted by molar-refractivity contribution is -0.143. The Morgan fingerprint density at radius 3 is 2.82 bits per heavy atom. The fourth-order valence-corrected chi connectivity index (χ4v) is 1.37. The van der Waals surface area contributed by atoms with E-state index in [0.717, 1.165) is 0 Å². The summed E-state index contributed by atoms with van der Waals surface area (Å²) in [6.07, 6.45) is 2.67. The number of benzene rings is 1. The van der Waals surface area contributed by atoms with Crippen LogP contribution >= 0.6 is 11.6 Å². The molecule has 0 bridgehead atoms. The number of hydrogen-bond acceptors (Lipinski definition) is 3. The minimum absolute atomic E-state index is 0.271. The second kappa shape index (κ2) is 6.97. The van der Waals surface area contributed by atoms with Crippen LogP contribution in [0.4, 0.5) is 0 Å². The molecule has 1 aromatic rings. The molecule has 0 saturated heterocycles. The molecule has 4 heteroatoms. The molecule has 0 fully saturated rings. The highest BCUT2D eigenvalue weighted by molar-refractivity contribution is 6.32. The Bertz CT molecular complexity index is 401. The Morgan fingerprint density at radius 1 is 1.47 bits per heavy atom. The Kier molecular flexibility index (Phi) is 5.57. The molecule has 1 atom stereocenters. The molecule has 0 aliphatic carbocycles. The van der Waals surface area contributed by atoms with Gasteiger partial charge in [-0.3, -0.25) is 0 Å². The van der Waals surface area contributed by atoms with E-state index in [4.69, 9.17) is 21.1 Å². The van der Waals surface area contributed by atoms with Crippen LogP contribution in [-0.4, -0.2) is 18.7 Å². The van der Waals surface area contributed by atoms with Crippen LogP contribution in [0.1, 0.15) is 13.8 Å². The van der Waals surface area contributed by atoms with E-state index in [9.17, 15) is 4.79 Å². The van der Waals surface area contributed by atoms with E-state index in [1.807, 2.05) is 12.1 Å². The smallest absolute Gasteiger partial charge is 0.330 e. The van der Waals surface area contributed by atoms with Crippen molar-refractivity contribution in [1.29, 1.82) is 0 Å². The number of allylic oxidation sites excluding steroid dienone is 1. The number of halogens is 1. The largest absolute Gasteiger partial charge is 0.488 e. The maximum Gasteiger partial charge on any atom is 0.330 e. The first kappa shape index (κ1) is 13.6. The minimum Gasteiger partial charge on any atom is -0.488 e. The molecule has 92 valence electrons. The number of para-hydroxylation sites is 1. The monoisotopic (exact) mass is 254 g/mol. The zero-order chi connectivity index (χ0) is 12.7. The number of ether oxygens (including phenoxy) is 2. The molecule has 0 aliphatic rings. The second-order valence-electron chi connectivity index (χ2n) is 3.49. The molecule has 0 amide bonds. The van der Waals surface area contributed by atoms with E-state index in [-0.39, 0.29) is 18.7 Å². The van der Waals surface area contributed by atoms with Gasteiger partial charge in [-0.2, -0.15) is 0 Å². The average Bonchev–Trinajstić information content (AvgIpc) is 2.28. The lowest BCUT2D eigenvalue weighted by atomic mass is 10.3. The molecule has 0 radical (unpaired) electrons.